The van der Waals surface area contributed by atoms with E-state index in [1.807, 2.05) is 0 Å². The smallest absolute Gasteiger partial charge is 0.0543 e. The first-order valence-electron chi connectivity index (χ1n) is 9.84. The van der Waals surface area contributed by atoms with Gasteiger partial charge in [0, 0.05) is 6.04 Å². The fourth-order valence-electron chi connectivity index (χ4n) is 7.71. The van der Waals surface area contributed by atoms with E-state index in [0.717, 1.165) is 42.6 Å². The van der Waals surface area contributed by atoms with Crippen molar-refractivity contribution in [1.82, 2.24) is 5.32 Å². The molecule has 4 aliphatic rings. The number of halogens is 1. The van der Waals surface area contributed by atoms with Gasteiger partial charge in [-0.1, -0.05) is 13.8 Å². The summed E-state index contributed by atoms with van der Waals surface area (Å²) in [5.74, 6) is 3.65. The lowest BCUT2D eigenvalue weighted by Gasteiger charge is -2.61. The van der Waals surface area contributed by atoms with Gasteiger partial charge in [-0.05, 0) is 99.3 Å². The van der Waals surface area contributed by atoms with Gasteiger partial charge >= 0.3 is 0 Å². The molecule has 2 N–H and O–H groups in total. The molecule has 0 saturated heterocycles. The lowest BCUT2D eigenvalue weighted by atomic mass is 9.45. The van der Waals surface area contributed by atoms with Crippen LogP contribution in [0.4, 0.5) is 0 Å². The summed E-state index contributed by atoms with van der Waals surface area (Å²) < 4.78 is 0. The Hall–Kier alpha value is 0.210. The van der Waals surface area contributed by atoms with Gasteiger partial charge in [0.2, 0.25) is 0 Å². The topological polar surface area (TPSA) is 32.3 Å². The second kappa shape index (κ2) is 6.18. The molecule has 8 atom stereocenters. The molecular formula is C20H36ClNO. The van der Waals surface area contributed by atoms with Gasteiger partial charge in [0.25, 0.3) is 0 Å². The number of rotatable bonds is 1. The van der Waals surface area contributed by atoms with Crippen LogP contribution >= 0.6 is 12.4 Å². The number of hydrogen-bond donors (Lipinski definition) is 2. The molecular weight excluding hydrogens is 306 g/mol. The maximum Gasteiger partial charge on any atom is 0.0543 e. The number of hydrogen-bond acceptors (Lipinski definition) is 2. The first-order valence-corrected chi connectivity index (χ1v) is 9.84. The molecule has 4 saturated carbocycles. The van der Waals surface area contributed by atoms with Crippen molar-refractivity contribution in [2.75, 3.05) is 7.05 Å². The number of fused-ring (bicyclic) bond motifs is 5. The third kappa shape index (κ3) is 2.50. The second-order valence-electron chi connectivity index (χ2n) is 9.55. The number of nitrogens with one attached hydrogen (secondary N) is 1. The molecule has 4 rings (SSSR count). The first-order chi connectivity index (χ1) is 10.5. The number of aliphatic hydroxyl groups excluding tert-OH is 1. The van der Waals surface area contributed by atoms with Crippen LogP contribution in [0.5, 0.6) is 0 Å². The van der Waals surface area contributed by atoms with E-state index in [1.165, 1.54) is 44.9 Å². The molecule has 134 valence electrons. The minimum absolute atomic E-state index is 0. The molecule has 0 radical (unpaired) electrons. The highest BCUT2D eigenvalue weighted by Gasteiger charge is 2.59. The van der Waals surface area contributed by atoms with E-state index in [1.54, 1.807) is 0 Å². The zero-order valence-corrected chi connectivity index (χ0v) is 16.0. The second-order valence-corrected chi connectivity index (χ2v) is 9.55. The van der Waals surface area contributed by atoms with Crippen LogP contribution in [0.1, 0.15) is 71.6 Å². The van der Waals surface area contributed by atoms with Crippen LogP contribution in [0.2, 0.25) is 0 Å². The standard InChI is InChI=1S/C20H35NO.ClH/c1-19-10-8-14(22)12-13(19)4-5-15-16-6-7-18(21-3)20(16,2)11-9-17(15)19;/h13-18,21-22H,4-12H2,1-3H3;1H/t13-,14+,15-,16-,17-,18-,19-,20-;/m0./s1. The van der Waals surface area contributed by atoms with Crippen molar-refractivity contribution >= 4 is 12.4 Å². The third-order valence-electron chi connectivity index (χ3n) is 8.99. The Morgan fingerprint density at radius 1 is 0.870 bits per heavy atom. The molecule has 4 aliphatic carbocycles. The van der Waals surface area contributed by atoms with Gasteiger partial charge in [-0.25, -0.2) is 0 Å². The monoisotopic (exact) mass is 341 g/mol. The molecule has 0 unspecified atom stereocenters. The van der Waals surface area contributed by atoms with Crippen molar-refractivity contribution in [3.8, 4) is 0 Å². The van der Waals surface area contributed by atoms with E-state index >= 15 is 0 Å². The Bertz CT molecular complexity index is 443. The van der Waals surface area contributed by atoms with Crippen molar-refractivity contribution < 1.29 is 5.11 Å². The Morgan fingerprint density at radius 3 is 2.30 bits per heavy atom. The lowest BCUT2D eigenvalue weighted by molar-refractivity contribution is -0.123. The van der Waals surface area contributed by atoms with Crippen molar-refractivity contribution in [3.05, 3.63) is 0 Å². The average molecular weight is 342 g/mol. The highest BCUT2D eigenvalue weighted by atomic mass is 35.5. The van der Waals surface area contributed by atoms with Gasteiger partial charge < -0.3 is 10.4 Å². The molecule has 0 aromatic rings. The zero-order valence-electron chi connectivity index (χ0n) is 15.2. The highest BCUT2D eigenvalue weighted by molar-refractivity contribution is 5.85. The van der Waals surface area contributed by atoms with Crippen LogP contribution in [0.25, 0.3) is 0 Å². The van der Waals surface area contributed by atoms with E-state index in [9.17, 15) is 5.11 Å². The Labute approximate surface area is 148 Å². The van der Waals surface area contributed by atoms with Crippen molar-refractivity contribution in [2.45, 2.75) is 83.8 Å². The molecule has 0 heterocycles. The summed E-state index contributed by atoms with van der Waals surface area (Å²) in [5, 5.41) is 13.7. The van der Waals surface area contributed by atoms with Gasteiger partial charge in [-0.15, -0.1) is 12.4 Å². The van der Waals surface area contributed by atoms with Crippen LogP contribution < -0.4 is 5.32 Å². The summed E-state index contributed by atoms with van der Waals surface area (Å²) in [6.07, 6.45) is 11.9. The zero-order chi connectivity index (χ0) is 15.5. The van der Waals surface area contributed by atoms with Gasteiger partial charge in [0.05, 0.1) is 6.10 Å². The summed E-state index contributed by atoms with van der Waals surface area (Å²) in [4.78, 5) is 0. The quantitative estimate of drug-likeness (QED) is 0.740. The van der Waals surface area contributed by atoms with E-state index < -0.39 is 0 Å². The minimum Gasteiger partial charge on any atom is -0.393 e. The maximum atomic E-state index is 10.1. The summed E-state index contributed by atoms with van der Waals surface area (Å²) in [6.45, 7) is 5.18. The van der Waals surface area contributed by atoms with Gasteiger partial charge in [0.15, 0.2) is 0 Å². The fourth-order valence-corrected chi connectivity index (χ4v) is 7.71. The van der Waals surface area contributed by atoms with Crippen LogP contribution in [-0.2, 0) is 0 Å². The van der Waals surface area contributed by atoms with E-state index in [4.69, 9.17) is 0 Å². The van der Waals surface area contributed by atoms with Crippen LogP contribution in [-0.4, -0.2) is 24.3 Å². The molecule has 0 spiro atoms. The first kappa shape index (κ1) is 18.0. The van der Waals surface area contributed by atoms with Gasteiger partial charge in [-0.3, -0.25) is 0 Å². The number of aliphatic hydroxyl groups is 1. The van der Waals surface area contributed by atoms with E-state index in [0.29, 0.717) is 10.8 Å². The van der Waals surface area contributed by atoms with Crippen LogP contribution in [0, 0.1) is 34.5 Å². The summed E-state index contributed by atoms with van der Waals surface area (Å²) in [6, 6.07) is 0.747. The van der Waals surface area contributed by atoms with Crippen LogP contribution in [0.15, 0.2) is 0 Å². The van der Waals surface area contributed by atoms with Crippen molar-refractivity contribution in [1.29, 1.82) is 0 Å². The molecule has 0 amide bonds. The molecule has 4 fully saturated rings. The van der Waals surface area contributed by atoms with Gasteiger partial charge in [-0.2, -0.15) is 0 Å². The SMILES string of the molecule is CN[C@H]1CC[C@H]2[C@@H]3CC[C@H]4C[C@H](O)CC[C@]4(C)[C@H]3CC[C@]12C.Cl. The molecule has 0 aliphatic heterocycles. The Kier molecular flexibility index (Phi) is 4.84. The predicted octanol–water partition coefficient (Wildman–Crippen LogP) is 4.40. The van der Waals surface area contributed by atoms with Crippen molar-refractivity contribution in [3.63, 3.8) is 0 Å². The molecule has 23 heavy (non-hydrogen) atoms. The summed E-state index contributed by atoms with van der Waals surface area (Å²) >= 11 is 0. The Balaban J connectivity index is 0.00000156. The largest absolute Gasteiger partial charge is 0.393 e. The van der Waals surface area contributed by atoms with E-state index in [-0.39, 0.29) is 18.5 Å². The summed E-state index contributed by atoms with van der Waals surface area (Å²) in [5.41, 5.74) is 1.08. The third-order valence-corrected chi connectivity index (χ3v) is 8.99. The lowest BCUT2D eigenvalue weighted by Crippen LogP contribution is -2.55. The van der Waals surface area contributed by atoms with Gasteiger partial charge in [0.1, 0.15) is 0 Å². The molecule has 0 aromatic carbocycles. The summed E-state index contributed by atoms with van der Waals surface area (Å²) in [7, 11) is 2.17. The molecule has 0 bridgehead atoms. The van der Waals surface area contributed by atoms with E-state index in [2.05, 4.69) is 26.2 Å². The normalized spacial score (nSPS) is 55.3. The molecule has 3 heteroatoms. The fraction of sp³-hybridized carbons (Fsp3) is 1.00. The van der Waals surface area contributed by atoms with Crippen molar-refractivity contribution in [2.24, 2.45) is 34.5 Å². The predicted molar refractivity (Wildman–Crippen MR) is 97.8 cm³/mol. The molecule has 0 aromatic heterocycles. The van der Waals surface area contributed by atoms with Crippen LogP contribution in [0.3, 0.4) is 0 Å². The molecule has 2 nitrogen and oxygen atoms in total. The Morgan fingerprint density at radius 2 is 1.57 bits per heavy atom. The maximum absolute atomic E-state index is 10.1. The highest BCUT2D eigenvalue weighted by Crippen LogP contribution is 2.66. The minimum atomic E-state index is -0.0105. The average Bonchev–Trinajstić information content (AvgIpc) is 2.84.